The molecule has 5 nitrogen and oxygen atoms in total. The van der Waals surface area contributed by atoms with Crippen molar-refractivity contribution in [3.63, 3.8) is 0 Å². The molecule has 28 heavy (non-hydrogen) atoms. The van der Waals surface area contributed by atoms with E-state index in [9.17, 15) is 15.3 Å². The first-order chi connectivity index (χ1) is 13.2. The molecule has 1 unspecified atom stereocenters. The van der Waals surface area contributed by atoms with E-state index in [4.69, 9.17) is 9.47 Å². The minimum Gasteiger partial charge on any atom is -0.393 e. The number of hydrogen-bond donors (Lipinski definition) is 3. The second-order valence-corrected chi connectivity index (χ2v) is 10.7. The molecule has 5 heteroatoms. The van der Waals surface area contributed by atoms with Gasteiger partial charge in [-0.25, -0.2) is 0 Å². The highest BCUT2D eigenvalue weighted by molar-refractivity contribution is 5.28. The van der Waals surface area contributed by atoms with Gasteiger partial charge in [-0.15, -0.1) is 0 Å². The smallest absolute Gasteiger partial charge is 0.0997 e. The molecule has 1 aliphatic heterocycles. The van der Waals surface area contributed by atoms with Crippen LogP contribution in [0.4, 0.5) is 0 Å². The lowest BCUT2D eigenvalue weighted by Gasteiger charge is -2.64. The van der Waals surface area contributed by atoms with E-state index < -0.39 is 23.2 Å². The van der Waals surface area contributed by atoms with Crippen molar-refractivity contribution in [3.05, 3.63) is 12.2 Å². The summed E-state index contributed by atoms with van der Waals surface area (Å²) in [5, 5.41) is 32.7. The summed E-state index contributed by atoms with van der Waals surface area (Å²) in [6.45, 7) is 7.97. The lowest BCUT2D eigenvalue weighted by molar-refractivity contribution is -0.261. The van der Waals surface area contributed by atoms with Crippen LogP contribution in [0.25, 0.3) is 0 Å². The van der Waals surface area contributed by atoms with Gasteiger partial charge >= 0.3 is 0 Å². The average molecular weight is 393 g/mol. The van der Waals surface area contributed by atoms with Gasteiger partial charge in [-0.3, -0.25) is 0 Å². The van der Waals surface area contributed by atoms with Crippen molar-refractivity contribution in [2.24, 2.45) is 28.6 Å². The van der Waals surface area contributed by atoms with Crippen LogP contribution >= 0.6 is 0 Å². The molecule has 1 spiro atoms. The first kappa shape index (κ1) is 19.5. The minimum absolute atomic E-state index is 0.0449. The third kappa shape index (κ3) is 2.15. The minimum atomic E-state index is -1.13. The van der Waals surface area contributed by atoms with Gasteiger partial charge in [-0.2, -0.15) is 0 Å². The number of hydrogen-bond acceptors (Lipinski definition) is 5. The topological polar surface area (TPSA) is 79.2 Å². The Morgan fingerprint density at radius 2 is 1.79 bits per heavy atom. The zero-order chi connectivity index (χ0) is 19.9. The predicted molar refractivity (Wildman–Crippen MR) is 105 cm³/mol. The van der Waals surface area contributed by atoms with Gasteiger partial charge in [0.05, 0.1) is 42.7 Å². The van der Waals surface area contributed by atoms with E-state index >= 15 is 0 Å². The summed E-state index contributed by atoms with van der Waals surface area (Å²) in [5.41, 5.74) is -1.92. The van der Waals surface area contributed by atoms with Crippen molar-refractivity contribution in [1.82, 2.24) is 0 Å². The standard InChI is InChI=1S/C23H36O5/c1-14-23(28-11-10-27-14)9-6-17-16-4-8-22(26)13-15(24)12-19(25)21(22,3)18(16)5-7-20(17,23)2/h4,8,14-19,24-26H,5-7,9-13H2,1-3H3/t14?,15-,16-,17-,18-,19-,20-,21-,22+,23-/m0/s1. The monoisotopic (exact) mass is 392 g/mol. The van der Waals surface area contributed by atoms with Crippen LogP contribution in [-0.2, 0) is 9.47 Å². The Bertz CT molecular complexity index is 680. The van der Waals surface area contributed by atoms with E-state index in [2.05, 4.69) is 26.8 Å². The quantitative estimate of drug-likeness (QED) is 0.552. The second kappa shape index (κ2) is 6.04. The van der Waals surface area contributed by atoms with Crippen LogP contribution in [0.2, 0.25) is 0 Å². The maximum Gasteiger partial charge on any atom is 0.0997 e. The van der Waals surface area contributed by atoms with Crippen molar-refractivity contribution in [3.8, 4) is 0 Å². The second-order valence-electron chi connectivity index (χ2n) is 10.7. The fourth-order valence-corrected chi connectivity index (χ4v) is 8.34. The van der Waals surface area contributed by atoms with Gasteiger partial charge in [0.1, 0.15) is 0 Å². The number of ether oxygens (including phenoxy) is 2. The van der Waals surface area contributed by atoms with Gasteiger partial charge in [-0.1, -0.05) is 26.0 Å². The van der Waals surface area contributed by atoms with Crippen LogP contribution in [0.1, 0.15) is 59.3 Å². The molecule has 158 valence electrons. The van der Waals surface area contributed by atoms with Crippen LogP contribution in [0, 0.1) is 28.6 Å². The van der Waals surface area contributed by atoms with Crippen molar-refractivity contribution in [2.75, 3.05) is 13.2 Å². The molecule has 0 bridgehead atoms. The number of fused-ring (bicyclic) bond motifs is 6. The number of aliphatic hydroxyl groups excluding tert-OH is 2. The third-order valence-corrected chi connectivity index (χ3v) is 10.0. The summed E-state index contributed by atoms with van der Waals surface area (Å²) in [6, 6.07) is 0. The van der Waals surface area contributed by atoms with E-state index in [1.165, 1.54) is 0 Å². The van der Waals surface area contributed by atoms with Gasteiger partial charge in [0.15, 0.2) is 0 Å². The lowest BCUT2D eigenvalue weighted by Crippen LogP contribution is -2.67. The van der Waals surface area contributed by atoms with E-state index in [1.807, 2.05) is 6.08 Å². The van der Waals surface area contributed by atoms with Crippen LogP contribution in [-0.4, -0.2) is 58.0 Å². The molecule has 0 radical (unpaired) electrons. The molecule has 0 aromatic carbocycles. The van der Waals surface area contributed by atoms with E-state index in [0.717, 1.165) is 25.7 Å². The van der Waals surface area contributed by atoms with Crippen LogP contribution < -0.4 is 0 Å². The predicted octanol–water partition coefficient (Wildman–Crippen LogP) is 2.43. The summed E-state index contributed by atoms with van der Waals surface area (Å²) in [7, 11) is 0. The molecule has 0 amide bonds. The molecule has 0 aromatic rings. The Morgan fingerprint density at radius 3 is 2.54 bits per heavy atom. The maximum absolute atomic E-state index is 11.5. The highest BCUT2D eigenvalue weighted by atomic mass is 16.6. The molecule has 4 fully saturated rings. The normalized spacial score (nSPS) is 60.9. The Hall–Kier alpha value is -0.460. The molecule has 1 heterocycles. The summed E-state index contributed by atoms with van der Waals surface area (Å²) in [5.74, 6) is 1.01. The number of rotatable bonds is 0. The molecule has 5 rings (SSSR count). The van der Waals surface area contributed by atoms with E-state index in [-0.39, 0.29) is 23.0 Å². The van der Waals surface area contributed by atoms with E-state index in [0.29, 0.717) is 37.9 Å². The Kier molecular flexibility index (Phi) is 4.21. The number of aliphatic hydroxyl groups is 3. The van der Waals surface area contributed by atoms with Gasteiger partial charge in [0.2, 0.25) is 0 Å². The zero-order valence-corrected chi connectivity index (χ0v) is 17.4. The van der Waals surface area contributed by atoms with Crippen LogP contribution in [0.5, 0.6) is 0 Å². The van der Waals surface area contributed by atoms with Crippen LogP contribution in [0.15, 0.2) is 12.2 Å². The van der Waals surface area contributed by atoms with Crippen LogP contribution in [0.3, 0.4) is 0 Å². The van der Waals surface area contributed by atoms with Crippen molar-refractivity contribution in [2.45, 2.75) is 88.8 Å². The van der Waals surface area contributed by atoms with Crippen molar-refractivity contribution < 1.29 is 24.8 Å². The molecule has 5 aliphatic rings. The summed E-state index contributed by atoms with van der Waals surface area (Å²) in [4.78, 5) is 0. The summed E-state index contributed by atoms with van der Waals surface area (Å²) < 4.78 is 12.6. The molecule has 1 saturated heterocycles. The number of allylic oxidation sites excluding steroid dienone is 1. The molecule has 0 aromatic heterocycles. The highest BCUT2D eigenvalue weighted by Gasteiger charge is 2.70. The maximum atomic E-state index is 11.5. The fraction of sp³-hybridized carbons (Fsp3) is 0.913. The highest BCUT2D eigenvalue weighted by Crippen LogP contribution is 2.69. The molecule has 3 N–H and O–H groups in total. The Labute approximate surface area is 168 Å². The van der Waals surface area contributed by atoms with Gasteiger partial charge in [0, 0.05) is 23.7 Å². The van der Waals surface area contributed by atoms with Gasteiger partial charge < -0.3 is 24.8 Å². The Morgan fingerprint density at radius 1 is 1.04 bits per heavy atom. The Balaban J connectivity index is 1.54. The summed E-state index contributed by atoms with van der Waals surface area (Å²) in [6.07, 6.45) is 7.69. The van der Waals surface area contributed by atoms with Gasteiger partial charge in [-0.05, 0) is 50.4 Å². The van der Waals surface area contributed by atoms with Crippen molar-refractivity contribution >= 4 is 0 Å². The molecular weight excluding hydrogens is 356 g/mol. The molecule has 10 atom stereocenters. The molecular formula is C23H36O5. The largest absolute Gasteiger partial charge is 0.393 e. The fourth-order valence-electron chi connectivity index (χ4n) is 8.34. The molecule has 4 aliphatic carbocycles. The third-order valence-electron chi connectivity index (χ3n) is 10.0. The first-order valence-corrected chi connectivity index (χ1v) is 11.2. The zero-order valence-electron chi connectivity index (χ0n) is 17.4. The van der Waals surface area contributed by atoms with Crippen molar-refractivity contribution in [1.29, 1.82) is 0 Å². The summed E-state index contributed by atoms with van der Waals surface area (Å²) >= 11 is 0. The van der Waals surface area contributed by atoms with E-state index in [1.54, 1.807) is 0 Å². The van der Waals surface area contributed by atoms with Gasteiger partial charge in [0.25, 0.3) is 0 Å². The SMILES string of the molecule is CC1OCCO[C@@]12CC[C@H]1[C@@H]3C=C[C@@]4(O)C[C@@H](O)C[C@H](O)[C@]4(C)[C@H]3CC[C@@]12C. The lowest BCUT2D eigenvalue weighted by atomic mass is 9.44. The first-order valence-electron chi connectivity index (χ1n) is 11.2. The average Bonchev–Trinajstić information content (AvgIpc) is 2.93. The molecule has 3 saturated carbocycles.